The molecule has 0 radical (unpaired) electrons. The van der Waals surface area contributed by atoms with Crippen LogP contribution in [-0.2, 0) is 11.3 Å². The Balaban J connectivity index is 3.38. The molecule has 0 heterocycles. The molecule has 0 saturated carbocycles. The zero-order valence-corrected chi connectivity index (χ0v) is 9.11. The molecule has 1 rings (SSSR count). The number of nitriles is 1. The highest BCUT2D eigenvalue weighted by molar-refractivity contribution is 5.90. The number of carbonyl (C=O) groups excluding carboxylic acids is 1. The van der Waals surface area contributed by atoms with Gasteiger partial charge in [0.15, 0.2) is 0 Å². The van der Waals surface area contributed by atoms with Gasteiger partial charge in [-0.25, -0.2) is 4.79 Å². The molecule has 0 spiro atoms. The monoisotopic (exact) mass is 220 g/mol. The van der Waals surface area contributed by atoms with Gasteiger partial charge < -0.3 is 15.2 Å². The summed E-state index contributed by atoms with van der Waals surface area (Å²) >= 11 is 0. The third kappa shape index (κ3) is 2.12. The van der Waals surface area contributed by atoms with Crippen molar-refractivity contribution >= 4 is 5.97 Å². The predicted octanol–water partition coefficient (Wildman–Crippen LogP) is 0.812. The van der Waals surface area contributed by atoms with Crippen molar-refractivity contribution in [3.63, 3.8) is 0 Å². The van der Waals surface area contributed by atoms with E-state index in [0.717, 1.165) is 0 Å². The van der Waals surface area contributed by atoms with Crippen LogP contribution in [0.5, 0.6) is 5.75 Å². The molecule has 0 aliphatic carbocycles. The topological polar surface area (TPSA) is 85.3 Å². The second kappa shape index (κ2) is 5.14. The lowest BCUT2D eigenvalue weighted by Gasteiger charge is -2.09. The van der Waals surface area contributed by atoms with Crippen molar-refractivity contribution in [2.75, 3.05) is 14.2 Å². The van der Waals surface area contributed by atoms with Gasteiger partial charge >= 0.3 is 5.97 Å². The van der Waals surface area contributed by atoms with Gasteiger partial charge in [-0.15, -0.1) is 0 Å². The first-order valence-electron chi connectivity index (χ1n) is 4.57. The molecule has 2 N–H and O–H groups in total. The maximum Gasteiger partial charge on any atom is 0.337 e. The maximum atomic E-state index is 11.3. The fraction of sp³-hybridized carbons (Fsp3) is 0.273. The van der Waals surface area contributed by atoms with Crippen molar-refractivity contribution in [1.29, 1.82) is 5.26 Å². The largest absolute Gasteiger partial charge is 0.495 e. The summed E-state index contributed by atoms with van der Waals surface area (Å²) in [5, 5.41) is 8.95. The van der Waals surface area contributed by atoms with E-state index >= 15 is 0 Å². The number of benzene rings is 1. The number of hydrogen-bond donors (Lipinski definition) is 1. The number of hydrogen-bond acceptors (Lipinski definition) is 5. The van der Waals surface area contributed by atoms with E-state index in [0.29, 0.717) is 22.4 Å². The SMILES string of the molecule is COC(=O)c1cc(CN)c(C#N)c(OC)c1. The number of methoxy groups -OCH3 is 2. The third-order valence-corrected chi connectivity index (χ3v) is 2.16. The van der Waals surface area contributed by atoms with Gasteiger partial charge in [-0.05, 0) is 17.7 Å². The normalized spacial score (nSPS) is 9.38. The molecule has 1 aromatic carbocycles. The van der Waals surface area contributed by atoms with Crippen LogP contribution in [0.25, 0.3) is 0 Å². The molecule has 0 aliphatic rings. The predicted molar refractivity (Wildman–Crippen MR) is 56.9 cm³/mol. The van der Waals surface area contributed by atoms with Crippen LogP contribution >= 0.6 is 0 Å². The number of carbonyl (C=O) groups is 1. The number of esters is 1. The van der Waals surface area contributed by atoms with Gasteiger partial charge in [0.25, 0.3) is 0 Å². The Labute approximate surface area is 93.4 Å². The minimum atomic E-state index is -0.488. The van der Waals surface area contributed by atoms with E-state index in [1.807, 2.05) is 6.07 Å². The van der Waals surface area contributed by atoms with E-state index in [1.54, 1.807) is 0 Å². The Morgan fingerprint density at radius 2 is 2.19 bits per heavy atom. The van der Waals surface area contributed by atoms with E-state index in [2.05, 4.69) is 4.74 Å². The minimum absolute atomic E-state index is 0.157. The van der Waals surface area contributed by atoms with Crippen molar-refractivity contribution in [1.82, 2.24) is 0 Å². The van der Waals surface area contributed by atoms with E-state index in [9.17, 15) is 4.79 Å². The molecule has 16 heavy (non-hydrogen) atoms. The lowest BCUT2D eigenvalue weighted by atomic mass is 10.0. The van der Waals surface area contributed by atoms with Crippen LogP contribution in [0.15, 0.2) is 12.1 Å². The van der Waals surface area contributed by atoms with Crippen LogP contribution in [0, 0.1) is 11.3 Å². The quantitative estimate of drug-likeness (QED) is 0.762. The summed E-state index contributed by atoms with van der Waals surface area (Å²) in [7, 11) is 2.71. The van der Waals surface area contributed by atoms with Crippen LogP contribution in [-0.4, -0.2) is 20.2 Å². The molecule has 0 aromatic heterocycles. The molecule has 0 atom stereocenters. The second-order valence-corrected chi connectivity index (χ2v) is 3.02. The van der Waals surface area contributed by atoms with Gasteiger partial charge in [0.1, 0.15) is 11.8 Å². The Bertz CT molecular complexity index is 424. The van der Waals surface area contributed by atoms with Crippen molar-refractivity contribution < 1.29 is 14.3 Å². The molecule has 0 fully saturated rings. The number of ether oxygens (including phenoxy) is 2. The van der Waals surface area contributed by atoms with E-state index < -0.39 is 5.97 Å². The lowest BCUT2D eigenvalue weighted by Crippen LogP contribution is -2.07. The average molecular weight is 220 g/mol. The fourth-order valence-corrected chi connectivity index (χ4v) is 1.36. The van der Waals surface area contributed by atoms with Crippen molar-refractivity contribution in [3.8, 4) is 11.8 Å². The first-order chi connectivity index (χ1) is 7.67. The zero-order valence-electron chi connectivity index (χ0n) is 9.11. The summed E-state index contributed by atoms with van der Waals surface area (Å²) in [5.41, 5.74) is 6.72. The van der Waals surface area contributed by atoms with Gasteiger partial charge in [0.2, 0.25) is 0 Å². The minimum Gasteiger partial charge on any atom is -0.495 e. The highest BCUT2D eigenvalue weighted by Gasteiger charge is 2.14. The second-order valence-electron chi connectivity index (χ2n) is 3.02. The third-order valence-electron chi connectivity index (χ3n) is 2.16. The molecular formula is C11H12N2O3. The van der Waals surface area contributed by atoms with E-state index in [1.165, 1.54) is 26.4 Å². The Morgan fingerprint density at radius 1 is 1.50 bits per heavy atom. The highest BCUT2D eigenvalue weighted by atomic mass is 16.5. The van der Waals surface area contributed by atoms with Gasteiger partial charge in [-0.2, -0.15) is 5.26 Å². The van der Waals surface area contributed by atoms with Crippen molar-refractivity contribution in [2.24, 2.45) is 5.73 Å². The Kier molecular flexibility index (Phi) is 3.86. The molecule has 0 aliphatic heterocycles. The first-order valence-corrected chi connectivity index (χ1v) is 4.57. The van der Waals surface area contributed by atoms with Crippen LogP contribution < -0.4 is 10.5 Å². The van der Waals surface area contributed by atoms with Gasteiger partial charge in [-0.1, -0.05) is 0 Å². The summed E-state index contributed by atoms with van der Waals surface area (Å²) in [4.78, 5) is 11.3. The Morgan fingerprint density at radius 3 is 2.62 bits per heavy atom. The van der Waals surface area contributed by atoms with Crippen LogP contribution in [0.3, 0.4) is 0 Å². The van der Waals surface area contributed by atoms with Crippen molar-refractivity contribution in [2.45, 2.75) is 6.54 Å². The number of nitrogens with two attached hydrogens (primary N) is 1. The van der Waals surface area contributed by atoms with Crippen LogP contribution in [0.4, 0.5) is 0 Å². The van der Waals surface area contributed by atoms with Crippen LogP contribution in [0.1, 0.15) is 21.5 Å². The van der Waals surface area contributed by atoms with E-state index in [4.69, 9.17) is 15.7 Å². The summed E-state index contributed by atoms with van der Waals surface area (Å²) in [6, 6.07) is 4.99. The molecule has 5 nitrogen and oxygen atoms in total. The van der Waals surface area contributed by atoms with Gasteiger partial charge in [0.05, 0.1) is 25.3 Å². The van der Waals surface area contributed by atoms with Gasteiger partial charge in [-0.3, -0.25) is 0 Å². The molecule has 5 heteroatoms. The van der Waals surface area contributed by atoms with Gasteiger partial charge in [0, 0.05) is 6.54 Å². The molecule has 0 amide bonds. The maximum absolute atomic E-state index is 11.3. The van der Waals surface area contributed by atoms with Crippen LogP contribution in [0.2, 0.25) is 0 Å². The fourth-order valence-electron chi connectivity index (χ4n) is 1.36. The summed E-state index contributed by atoms with van der Waals surface area (Å²) in [5.74, 6) is -0.164. The summed E-state index contributed by atoms with van der Waals surface area (Å²) in [6.45, 7) is 0.157. The Hall–Kier alpha value is -2.06. The standard InChI is InChI=1S/C11H12N2O3/c1-15-10-4-7(11(14)16-2)3-8(5-12)9(10)6-13/h3-4H,5,12H2,1-2H3. The molecule has 1 aromatic rings. The lowest BCUT2D eigenvalue weighted by molar-refractivity contribution is 0.0600. The zero-order chi connectivity index (χ0) is 12.1. The summed E-state index contributed by atoms with van der Waals surface area (Å²) < 4.78 is 9.62. The molecule has 0 saturated heterocycles. The number of nitrogens with zero attached hydrogens (tertiary/aromatic N) is 1. The number of rotatable bonds is 3. The molecule has 84 valence electrons. The smallest absolute Gasteiger partial charge is 0.337 e. The van der Waals surface area contributed by atoms with E-state index in [-0.39, 0.29) is 6.54 Å². The molecule has 0 bridgehead atoms. The van der Waals surface area contributed by atoms with Crippen molar-refractivity contribution in [3.05, 3.63) is 28.8 Å². The summed E-state index contributed by atoms with van der Waals surface area (Å²) in [6.07, 6.45) is 0. The average Bonchev–Trinajstić information content (AvgIpc) is 2.35. The first kappa shape index (κ1) is 12.0. The molecule has 0 unspecified atom stereocenters. The molecular weight excluding hydrogens is 208 g/mol. The highest BCUT2D eigenvalue weighted by Crippen LogP contribution is 2.24.